The Morgan fingerprint density at radius 1 is 1.00 bits per heavy atom. The first kappa shape index (κ1) is 18.5. The van der Waals surface area contributed by atoms with Gasteiger partial charge in [-0.2, -0.15) is 4.98 Å². The summed E-state index contributed by atoms with van der Waals surface area (Å²) in [6.07, 6.45) is 1.42. The maximum atomic E-state index is 6.26. The number of hydrogen-bond donors (Lipinski definition) is 2. The van der Waals surface area contributed by atoms with Gasteiger partial charge >= 0.3 is 0 Å². The van der Waals surface area contributed by atoms with E-state index in [4.69, 9.17) is 15.2 Å². The summed E-state index contributed by atoms with van der Waals surface area (Å²) >= 11 is 0. The first-order chi connectivity index (χ1) is 14.1. The van der Waals surface area contributed by atoms with Gasteiger partial charge in [-0.3, -0.25) is 0 Å². The second-order valence-corrected chi connectivity index (χ2v) is 6.53. The van der Waals surface area contributed by atoms with Crippen LogP contribution in [0.2, 0.25) is 0 Å². The molecule has 2 heterocycles. The summed E-state index contributed by atoms with van der Waals surface area (Å²) in [7, 11) is 1.64. The Kier molecular flexibility index (Phi) is 5.11. The Morgan fingerprint density at radius 2 is 1.83 bits per heavy atom. The van der Waals surface area contributed by atoms with Crippen molar-refractivity contribution >= 4 is 22.4 Å². The number of ether oxygens (including phenoxy) is 2. The van der Waals surface area contributed by atoms with Crippen molar-refractivity contribution in [3.05, 3.63) is 72.2 Å². The Bertz CT molecular complexity index is 1150. The number of nitrogen functional groups attached to an aromatic ring is 1. The summed E-state index contributed by atoms with van der Waals surface area (Å²) in [5, 5.41) is 4.21. The topological polar surface area (TPSA) is 95.2 Å². The zero-order valence-corrected chi connectivity index (χ0v) is 16.2. The largest absolute Gasteiger partial charge is 0.497 e. The van der Waals surface area contributed by atoms with Crippen LogP contribution in [0.5, 0.6) is 17.4 Å². The van der Waals surface area contributed by atoms with Crippen LogP contribution in [0.3, 0.4) is 0 Å². The van der Waals surface area contributed by atoms with E-state index in [0.717, 1.165) is 27.9 Å². The number of nitrogens with two attached hydrogens (primary N) is 1. The van der Waals surface area contributed by atoms with Crippen molar-refractivity contribution in [1.29, 1.82) is 0 Å². The lowest BCUT2D eigenvalue weighted by atomic mass is 10.2. The molecular formula is C22H21N5O2. The summed E-state index contributed by atoms with van der Waals surface area (Å²) < 4.78 is 11.2. The Hall–Kier alpha value is -3.87. The zero-order chi connectivity index (χ0) is 20.2. The molecule has 0 aliphatic heterocycles. The van der Waals surface area contributed by atoms with E-state index in [2.05, 4.69) is 20.3 Å². The van der Waals surface area contributed by atoms with Crippen molar-refractivity contribution in [3.63, 3.8) is 0 Å². The molecule has 7 heteroatoms. The van der Waals surface area contributed by atoms with Crippen LogP contribution in [0.1, 0.15) is 11.3 Å². The number of methoxy groups -OCH3 is 1. The molecule has 0 saturated heterocycles. The van der Waals surface area contributed by atoms with Gasteiger partial charge < -0.3 is 20.5 Å². The van der Waals surface area contributed by atoms with Gasteiger partial charge in [-0.05, 0) is 36.8 Å². The molecule has 0 radical (unpaired) electrons. The molecule has 0 bridgehead atoms. The van der Waals surface area contributed by atoms with Crippen molar-refractivity contribution in [2.75, 3.05) is 18.2 Å². The van der Waals surface area contributed by atoms with E-state index in [9.17, 15) is 0 Å². The standard InChI is InChI=1S/C22H21N5O2/c1-14-6-9-16-4-3-5-18(20(16)27-14)29-22-19(23)21(25-13-26-22)24-12-15-7-10-17(28-2)11-8-15/h3-11,13H,12,23H2,1-2H3,(H,24,25,26). The Balaban J connectivity index is 1.56. The predicted molar refractivity (Wildman–Crippen MR) is 113 cm³/mol. The van der Waals surface area contributed by atoms with E-state index in [1.165, 1.54) is 6.33 Å². The van der Waals surface area contributed by atoms with E-state index in [-0.39, 0.29) is 5.88 Å². The molecule has 0 saturated carbocycles. The van der Waals surface area contributed by atoms with E-state index in [1.54, 1.807) is 7.11 Å². The molecule has 3 N–H and O–H groups in total. The van der Waals surface area contributed by atoms with Gasteiger partial charge in [0.2, 0.25) is 5.88 Å². The van der Waals surface area contributed by atoms with E-state index in [0.29, 0.717) is 23.8 Å². The number of hydrogen-bond acceptors (Lipinski definition) is 7. The molecule has 146 valence electrons. The van der Waals surface area contributed by atoms with Gasteiger partial charge in [0.25, 0.3) is 0 Å². The quantitative estimate of drug-likeness (QED) is 0.508. The highest BCUT2D eigenvalue weighted by molar-refractivity contribution is 5.85. The lowest BCUT2D eigenvalue weighted by Crippen LogP contribution is -2.07. The van der Waals surface area contributed by atoms with Gasteiger partial charge in [0.15, 0.2) is 11.6 Å². The number of anilines is 2. The summed E-state index contributed by atoms with van der Waals surface area (Å²) in [4.78, 5) is 13.0. The third kappa shape index (κ3) is 4.03. The van der Waals surface area contributed by atoms with Crippen molar-refractivity contribution < 1.29 is 9.47 Å². The molecule has 0 unspecified atom stereocenters. The molecule has 4 rings (SSSR count). The van der Waals surface area contributed by atoms with Crippen LogP contribution >= 0.6 is 0 Å². The third-order valence-corrected chi connectivity index (χ3v) is 4.50. The van der Waals surface area contributed by atoms with Crippen LogP contribution in [-0.4, -0.2) is 22.1 Å². The van der Waals surface area contributed by atoms with Gasteiger partial charge in [-0.25, -0.2) is 9.97 Å². The van der Waals surface area contributed by atoms with Crippen LogP contribution in [0, 0.1) is 6.92 Å². The first-order valence-electron chi connectivity index (χ1n) is 9.15. The van der Waals surface area contributed by atoms with Crippen molar-refractivity contribution in [1.82, 2.24) is 15.0 Å². The highest BCUT2D eigenvalue weighted by Gasteiger charge is 2.12. The van der Waals surface area contributed by atoms with Gasteiger partial charge in [0.1, 0.15) is 23.3 Å². The van der Waals surface area contributed by atoms with Crippen molar-refractivity contribution in [2.45, 2.75) is 13.5 Å². The lowest BCUT2D eigenvalue weighted by Gasteiger charge is -2.13. The van der Waals surface area contributed by atoms with Gasteiger partial charge in [-0.15, -0.1) is 0 Å². The average molecular weight is 387 g/mol. The number of nitrogens with zero attached hydrogens (tertiary/aromatic N) is 3. The molecule has 4 aromatic rings. The zero-order valence-electron chi connectivity index (χ0n) is 16.2. The number of pyridine rings is 1. The summed E-state index contributed by atoms with van der Waals surface area (Å²) in [5.41, 5.74) is 9.34. The first-order valence-corrected chi connectivity index (χ1v) is 9.15. The summed E-state index contributed by atoms with van der Waals surface area (Å²) in [5.74, 6) is 2.20. The Labute approximate surface area is 168 Å². The smallest absolute Gasteiger partial charge is 0.248 e. The number of para-hydroxylation sites is 1. The SMILES string of the molecule is COc1ccc(CNc2ncnc(Oc3cccc4ccc(C)nc34)c2N)cc1. The number of nitrogens with one attached hydrogen (secondary N) is 1. The second-order valence-electron chi connectivity index (χ2n) is 6.53. The molecule has 0 spiro atoms. The molecule has 2 aromatic heterocycles. The molecule has 2 aromatic carbocycles. The second kappa shape index (κ2) is 8.02. The highest BCUT2D eigenvalue weighted by atomic mass is 16.5. The minimum atomic E-state index is 0.285. The molecule has 0 aliphatic rings. The van der Waals surface area contributed by atoms with Gasteiger partial charge in [-0.1, -0.05) is 30.3 Å². The fourth-order valence-corrected chi connectivity index (χ4v) is 2.93. The van der Waals surface area contributed by atoms with Crippen molar-refractivity contribution in [3.8, 4) is 17.4 Å². The average Bonchev–Trinajstić information content (AvgIpc) is 2.75. The number of fused-ring (bicyclic) bond motifs is 1. The van der Waals surface area contributed by atoms with Crippen LogP contribution in [0.15, 0.2) is 60.9 Å². The van der Waals surface area contributed by atoms with E-state index >= 15 is 0 Å². The number of aromatic nitrogens is 3. The molecular weight excluding hydrogens is 366 g/mol. The fourth-order valence-electron chi connectivity index (χ4n) is 2.93. The number of benzene rings is 2. The van der Waals surface area contributed by atoms with Crippen LogP contribution in [0.4, 0.5) is 11.5 Å². The lowest BCUT2D eigenvalue weighted by molar-refractivity contribution is 0.414. The maximum absolute atomic E-state index is 6.26. The molecule has 0 fully saturated rings. The molecule has 0 atom stereocenters. The minimum Gasteiger partial charge on any atom is -0.497 e. The monoisotopic (exact) mass is 387 g/mol. The molecule has 29 heavy (non-hydrogen) atoms. The predicted octanol–water partition coefficient (Wildman–Crippen LogP) is 4.33. The maximum Gasteiger partial charge on any atom is 0.248 e. The highest BCUT2D eigenvalue weighted by Crippen LogP contribution is 2.33. The van der Waals surface area contributed by atoms with Gasteiger partial charge in [0, 0.05) is 17.6 Å². The summed E-state index contributed by atoms with van der Waals surface area (Å²) in [6.45, 7) is 2.50. The molecule has 0 amide bonds. The Morgan fingerprint density at radius 3 is 2.62 bits per heavy atom. The molecule has 0 aliphatic carbocycles. The van der Waals surface area contributed by atoms with Gasteiger partial charge in [0.05, 0.1) is 7.11 Å². The number of aryl methyl sites for hydroxylation is 1. The van der Waals surface area contributed by atoms with E-state index < -0.39 is 0 Å². The summed E-state index contributed by atoms with van der Waals surface area (Å²) in [6, 6.07) is 17.5. The minimum absolute atomic E-state index is 0.285. The van der Waals surface area contributed by atoms with Crippen LogP contribution in [-0.2, 0) is 6.54 Å². The molecule has 7 nitrogen and oxygen atoms in total. The third-order valence-electron chi connectivity index (χ3n) is 4.50. The van der Waals surface area contributed by atoms with E-state index in [1.807, 2.05) is 61.5 Å². The van der Waals surface area contributed by atoms with Crippen LogP contribution < -0.4 is 20.5 Å². The van der Waals surface area contributed by atoms with Crippen LogP contribution in [0.25, 0.3) is 10.9 Å². The fraction of sp³-hybridized carbons (Fsp3) is 0.136. The van der Waals surface area contributed by atoms with Crippen molar-refractivity contribution in [2.24, 2.45) is 0 Å². The number of rotatable bonds is 6. The normalized spacial score (nSPS) is 10.7.